The molecule has 2 aromatic heterocycles. The second kappa shape index (κ2) is 5.55. The lowest BCUT2D eigenvalue weighted by Crippen LogP contribution is -2.38. The van der Waals surface area contributed by atoms with Crippen LogP contribution in [0.4, 0.5) is 4.39 Å². The molecule has 124 valence electrons. The summed E-state index contributed by atoms with van der Waals surface area (Å²) in [5, 5.41) is 0. The van der Waals surface area contributed by atoms with Crippen LogP contribution < -0.4 is 11.2 Å². The first-order valence-electron chi connectivity index (χ1n) is 7.25. The van der Waals surface area contributed by atoms with E-state index in [-0.39, 0.29) is 16.9 Å². The number of hydrogen-bond acceptors (Lipinski definition) is 4. The molecule has 0 fully saturated rings. The molecule has 1 unspecified atom stereocenters. The third-order valence-electron chi connectivity index (χ3n) is 4.10. The topological polar surface area (TPSA) is 78.9 Å². The number of Topliss-reactive ketones (excluding diaryl/α,β-unsaturated/α-hetero) is 1. The monoisotopic (exact) mass is 330 g/mol. The molecule has 3 rings (SSSR count). The smallest absolute Gasteiger partial charge is 0.314 e. The van der Waals surface area contributed by atoms with Crippen molar-refractivity contribution in [3.63, 3.8) is 0 Å². The number of aryl methyl sites for hydroxylation is 1. The van der Waals surface area contributed by atoms with Crippen LogP contribution in [0, 0.1) is 5.82 Å². The van der Waals surface area contributed by atoms with Gasteiger partial charge in [0.25, 0.3) is 5.56 Å². The molecular weight excluding hydrogens is 315 g/mol. The van der Waals surface area contributed by atoms with Gasteiger partial charge in [0.1, 0.15) is 5.82 Å². The molecule has 0 bridgehead atoms. The lowest BCUT2D eigenvalue weighted by atomic mass is 10.1. The van der Waals surface area contributed by atoms with Gasteiger partial charge in [-0.25, -0.2) is 14.2 Å². The Morgan fingerprint density at radius 2 is 1.75 bits per heavy atom. The summed E-state index contributed by atoms with van der Waals surface area (Å²) < 4.78 is 16.7. The fraction of sp³-hybridized carbons (Fsp3) is 0.250. The van der Waals surface area contributed by atoms with Gasteiger partial charge in [0.15, 0.2) is 16.9 Å². The van der Waals surface area contributed by atoms with Gasteiger partial charge in [-0.05, 0) is 31.2 Å². The van der Waals surface area contributed by atoms with Gasteiger partial charge >= 0.3 is 5.69 Å². The second-order valence-corrected chi connectivity index (χ2v) is 5.58. The minimum Gasteiger partial charge on any atom is -0.314 e. The van der Waals surface area contributed by atoms with Gasteiger partial charge in [0, 0.05) is 19.7 Å². The van der Waals surface area contributed by atoms with E-state index in [1.54, 1.807) is 6.92 Å². The van der Waals surface area contributed by atoms with Crippen molar-refractivity contribution in [2.24, 2.45) is 14.1 Å². The van der Waals surface area contributed by atoms with Crippen molar-refractivity contribution in [1.29, 1.82) is 0 Å². The fourth-order valence-corrected chi connectivity index (χ4v) is 2.64. The van der Waals surface area contributed by atoms with E-state index in [0.717, 1.165) is 4.57 Å². The third kappa shape index (κ3) is 2.27. The molecule has 7 nitrogen and oxygen atoms in total. The number of fused-ring (bicyclic) bond motifs is 1. The molecule has 0 spiro atoms. The average Bonchev–Trinajstić information content (AvgIpc) is 3.02. The molecule has 0 radical (unpaired) electrons. The minimum atomic E-state index is -0.731. The van der Waals surface area contributed by atoms with Crippen LogP contribution >= 0.6 is 0 Å². The normalized spacial score (nSPS) is 12.5. The summed E-state index contributed by atoms with van der Waals surface area (Å²) in [6, 6.07) is 4.46. The lowest BCUT2D eigenvalue weighted by Gasteiger charge is -2.13. The predicted molar refractivity (Wildman–Crippen MR) is 85.7 cm³/mol. The van der Waals surface area contributed by atoms with E-state index in [1.807, 2.05) is 0 Å². The number of halogens is 1. The Morgan fingerprint density at radius 3 is 2.38 bits per heavy atom. The molecule has 1 aromatic carbocycles. The Balaban J connectivity index is 2.16. The summed E-state index contributed by atoms with van der Waals surface area (Å²) in [4.78, 5) is 41.1. The maximum absolute atomic E-state index is 13.0. The van der Waals surface area contributed by atoms with Gasteiger partial charge in [-0.3, -0.25) is 18.7 Å². The largest absolute Gasteiger partial charge is 0.332 e. The van der Waals surface area contributed by atoms with Crippen molar-refractivity contribution in [1.82, 2.24) is 18.7 Å². The van der Waals surface area contributed by atoms with Gasteiger partial charge in [0.05, 0.1) is 12.4 Å². The molecule has 3 aromatic rings. The Kier molecular flexibility index (Phi) is 3.67. The number of hydrogen-bond donors (Lipinski definition) is 0. The maximum atomic E-state index is 13.0. The molecule has 8 heteroatoms. The standard InChI is InChI=1S/C16H15FN4O3/c1-9(13(22)10-4-6-11(17)7-5-10)21-8-18-14-12(21)15(23)20(3)16(24)19(14)2/h4-9H,1-3H3. The molecule has 0 amide bonds. The number of ketones is 1. The summed E-state index contributed by atoms with van der Waals surface area (Å²) in [6.07, 6.45) is 1.36. The van der Waals surface area contributed by atoms with Crippen LogP contribution in [0.3, 0.4) is 0 Å². The number of imidazole rings is 1. The average molecular weight is 330 g/mol. The van der Waals surface area contributed by atoms with Gasteiger partial charge in [0.2, 0.25) is 0 Å². The highest BCUT2D eigenvalue weighted by Gasteiger charge is 2.22. The number of carbonyl (C=O) groups is 1. The first-order chi connectivity index (χ1) is 11.3. The molecular formula is C16H15FN4O3. The van der Waals surface area contributed by atoms with E-state index < -0.39 is 23.1 Å². The molecule has 0 saturated carbocycles. The van der Waals surface area contributed by atoms with Crippen molar-refractivity contribution in [3.05, 3.63) is 62.8 Å². The zero-order chi connectivity index (χ0) is 17.6. The van der Waals surface area contributed by atoms with Gasteiger partial charge in [-0.15, -0.1) is 0 Å². The van der Waals surface area contributed by atoms with Crippen LogP contribution in [0.2, 0.25) is 0 Å². The Hall–Kier alpha value is -3.03. The highest BCUT2D eigenvalue weighted by molar-refractivity contribution is 5.99. The van der Waals surface area contributed by atoms with E-state index in [4.69, 9.17) is 0 Å². The molecule has 0 aliphatic heterocycles. The van der Waals surface area contributed by atoms with Crippen molar-refractivity contribution in [2.75, 3.05) is 0 Å². The summed E-state index contributed by atoms with van der Waals surface area (Å²) in [5.74, 6) is -0.721. The molecule has 2 heterocycles. The molecule has 0 saturated heterocycles. The lowest BCUT2D eigenvalue weighted by molar-refractivity contribution is 0.0936. The van der Waals surface area contributed by atoms with Gasteiger partial charge in [-0.2, -0.15) is 0 Å². The Morgan fingerprint density at radius 1 is 1.12 bits per heavy atom. The third-order valence-corrected chi connectivity index (χ3v) is 4.10. The van der Waals surface area contributed by atoms with Crippen LogP contribution in [0.5, 0.6) is 0 Å². The molecule has 0 aliphatic carbocycles. The van der Waals surface area contributed by atoms with Crippen LogP contribution in [0.25, 0.3) is 11.2 Å². The zero-order valence-electron chi connectivity index (χ0n) is 13.4. The number of aromatic nitrogens is 4. The summed E-state index contributed by atoms with van der Waals surface area (Å²) >= 11 is 0. The van der Waals surface area contributed by atoms with E-state index in [0.29, 0.717) is 5.56 Å². The quantitative estimate of drug-likeness (QED) is 0.672. The van der Waals surface area contributed by atoms with Crippen molar-refractivity contribution in [2.45, 2.75) is 13.0 Å². The van der Waals surface area contributed by atoms with Gasteiger partial charge in [-0.1, -0.05) is 0 Å². The number of nitrogens with zero attached hydrogens (tertiary/aromatic N) is 4. The van der Waals surface area contributed by atoms with Gasteiger partial charge < -0.3 is 4.57 Å². The minimum absolute atomic E-state index is 0.169. The predicted octanol–water partition coefficient (Wildman–Crippen LogP) is 1.02. The molecule has 1 atom stereocenters. The number of benzene rings is 1. The summed E-state index contributed by atoms with van der Waals surface area (Å²) in [6.45, 7) is 1.62. The Labute approximate surface area is 135 Å². The van der Waals surface area contributed by atoms with E-state index in [1.165, 1.54) is 53.8 Å². The van der Waals surface area contributed by atoms with Crippen LogP contribution in [0.15, 0.2) is 40.2 Å². The summed E-state index contributed by atoms with van der Waals surface area (Å²) in [5.41, 5.74) is -0.309. The molecule has 24 heavy (non-hydrogen) atoms. The molecule has 0 aliphatic rings. The first-order valence-corrected chi connectivity index (χ1v) is 7.25. The zero-order valence-corrected chi connectivity index (χ0v) is 13.4. The number of carbonyl (C=O) groups excluding carboxylic acids is 1. The van der Waals surface area contributed by atoms with E-state index >= 15 is 0 Å². The van der Waals surface area contributed by atoms with Crippen molar-refractivity contribution in [3.8, 4) is 0 Å². The Bertz CT molecular complexity index is 1060. The molecule has 0 N–H and O–H groups in total. The van der Waals surface area contributed by atoms with Crippen molar-refractivity contribution < 1.29 is 9.18 Å². The summed E-state index contributed by atoms with van der Waals surface area (Å²) in [7, 11) is 2.88. The number of rotatable bonds is 3. The fourth-order valence-electron chi connectivity index (χ4n) is 2.64. The highest BCUT2D eigenvalue weighted by atomic mass is 19.1. The van der Waals surface area contributed by atoms with E-state index in [9.17, 15) is 18.8 Å². The SMILES string of the molecule is CC(C(=O)c1ccc(F)cc1)n1cnc2c1c(=O)n(C)c(=O)n2C. The maximum Gasteiger partial charge on any atom is 0.332 e. The van der Waals surface area contributed by atoms with Crippen LogP contribution in [-0.4, -0.2) is 24.5 Å². The van der Waals surface area contributed by atoms with Crippen LogP contribution in [0.1, 0.15) is 23.3 Å². The van der Waals surface area contributed by atoms with Crippen molar-refractivity contribution >= 4 is 16.9 Å². The first kappa shape index (κ1) is 15.9. The highest BCUT2D eigenvalue weighted by Crippen LogP contribution is 2.18. The second-order valence-electron chi connectivity index (χ2n) is 5.58. The van der Waals surface area contributed by atoms with Crippen LogP contribution in [-0.2, 0) is 14.1 Å². The van der Waals surface area contributed by atoms with E-state index in [2.05, 4.69) is 4.98 Å².